The number of carbonyl (C=O) groups excluding carboxylic acids is 2. The Kier molecular flexibility index (Phi) is 9.40. The van der Waals surface area contributed by atoms with Gasteiger partial charge in [-0.3, -0.25) is 9.59 Å². The van der Waals surface area contributed by atoms with E-state index in [1.54, 1.807) is 0 Å². The molecule has 0 saturated carbocycles. The van der Waals surface area contributed by atoms with Crippen molar-refractivity contribution in [2.24, 2.45) is 5.92 Å². The Hall–Kier alpha value is -1.92. The molecule has 0 unspecified atom stereocenters. The van der Waals surface area contributed by atoms with Gasteiger partial charge in [0, 0.05) is 37.7 Å². The van der Waals surface area contributed by atoms with Crippen LogP contribution in [0.15, 0.2) is 24.3 Å². The van der Waals surface area contributed by atoms with Crippen molar-refractivity contribution in [1.29, 1.82) is 0 Å². The molecule has 6 nitrogen and oxygen atoms in total. The van der Waals surface area contributed by atoms with Crippen LogP contribution < -0.4 is 5.32 Å². The molecular formula is C28H44N4O2. The first-order chi connectivity index (χ1) is 16.6. The van der Waals surface area contributed by atoms with Gasteiger partial charge in [-0.05, 0) is 103 Å². The Morgan fingerprint density at radius 2 is 1.56 bits per heavy atom. The van der Waals surface area contributed by atoms with E-state index in [1.165, 1.54) is 63.8 Å². The van der Waals surface area contributed by atoms with Crippen molar-refractivity contribution < 1.29 is 9.59 Å². The molecule has 1 N–H and O–H groups in total. The smallest absolute Gasteiger partial charge is 0.253 e. The van der Waals surface area contributed by atoms with Crippen molar-refractivity contribution in [2.75, 3.05) is 52.4 Å². The van der Waals surface area contributed by atoms with Crippen molar-refractivity contribution >= 4 is 11.8 Å². The minimum absolute atomic E-state index is 0.114. The average molecular weight is 469 g/mol. The zero-order chi connectivity index (χ0) is 23.8. The highest BCUT2D eigenvalue weighted by atomic mass is 16.2. The molecule has 3 fully saturated rings. The van der Waals surface area contributed by atoms with Crippen LogP contribution in [-0.4, -0.2) is 84.9 Å². The summed E-state index contributed by atoms with van der Waals surface area (Å²) in [6.45, 7) is 10.4. The number of likely N-dealkylation sites (tertiary alicyclic amines) is 3. The molecule has 0 aromatic heterocycles. The molecule has 0 bridgehead atoms. The van der Waals surface area contributed by atoms with E-state index < -0.39 is 0 Å². The fourth-order valence-electron chi connectivity index (χ4n) is 5.88. The number of nitrogens with one attached hydrogen (secondary N) is 1. The van der Waals surface area contributed by atoms with E-state index in [0.717, 1.165) is 57.0 Å². The summed E-state index contributed by atoms with van der Waals surface area (Å²) in [7, 11) is 0. The number of hydrogen-bond donors (Lipinski definition) is 1. The quantitative estimate of drug-likeness (QED) is 0.591. The molecule has 0 spiro atoms. The first kappa shape index (κ1) is 25.2. The molecular weight excluding hydrogens is 424 g/mol. The van der Waals surface area contributed by atoms with Crippen LogP contribution >= 0.6 is 0 Å². The van der Waals surface area contributed by atoms with Gasteiger partial charge in [-0.2, -0.15) is 0 Å². The maximum absolute atomic E-state index is 12.7. The Labute approximate surface area is 206 Å². The van der Waals surface area contributed by atoms with Crippen LogP contribution in [0, 0.1) is 12.8 Å². The zero-order valence-electron chi connectivity index (χ0n) is 21.1. The van der Waals surface area contributed by atoms with E-state index in [2.05, 4.69) is 15.1 Å². The average Bonchev–Trinajstić information content (AvgIpc) is 2.88. The monoisotopic (exact) mass is 468 g/mol. The summed E-state index contributed by atoms with van der Waals surface area (Å²) in [4.78, 5) is 32.4. The molecule has 3 heterocycles. The minimum atomic E-state index is 0.114. The molecule has 3 aliphatic heterocycles. The lowest BCUT2D eigenvalue weighted by molar-refractivity contribution is -0.122. The molecule has 3 saturated heterocycles. The summed E-state index contributed by atoms with van der Waals surface area (Å²) < 4.78 is 0. The first-order valence-corrected chi connectivity index (χ1v) is 13.7. The number of benzene rings is 1. The highest BCUT2D eigenvalue weighted by Gasteiger charge is 2.26. The second-order valence-electron chi connectivity index (χ2n) is 10.7. The maximum Gasteiger partial charge on any atom is 0.253 e. The predicted octanol–water partition coefficient (Wildman–Crippen LogP) is 3.69. The van der Waals surface area contributed by atoms with Crippen LogP contribution in [0.4, 0.5) is 0 Å². The third-order valence-electron chi connectivity index (χ3n) is 8.11. The van der Waals surface area contributed by atoms with Gasteiger partial charge in [0.25, 0.3) is 5.91 Å². The molecule has 4 rings (SSSR count). The second-order valence-corrected chi connectivity index (χ2v) is 10.7. The van der Waals surface area contributed by atoms with Crippen LogP contribution in [0.25, 0.3) is 0 Å². The summed E-state index contributed by atoms with van der Waals surface area (Å²) in [6.07, 6.45) is 10.2. The van der Waals surface area contributed by atoms with Crippen LogP contribution in [0.1, 0.15) is 73.7 Å². The van der Waals surface area contributed by atoms with Gasteiger partial charge in [-0.1, -0.05) is 24.1 Å². The van der Waals surface area contributed by atoms with Crippen LogP contribution in [0.3, 0.4) is 0 Å². The molecule has 3 aliphatic rings. The second kappa shape index (κ2) is 12.7. The fourth-order valence-corrected chi connectivity index (χ4v) is 5.88. The van der Waals surface area contributed by atoms with E-state index in [0.29, 0.717) is 12.3 Å². The first-order valence-electron chi connectivity index (χ1n) is 13.7. The van der Waals surface area contributed by atoms with Crippen molar-refractivity contribution in [3.8, 4) is 0 Å². The largest absolute Gasteiger partial charge is 0.356 e. The Morgan fingerprint density at radius 1 is 0.882 bits per heavy atom. The predicted molar refractivity (Wildman–Crippen MR) is 137 cm³/mol. The molecule has 34 heavy (non-hydrogen) atoms. The topological polar surface area (TPSA) is 55.9 Å². The van der Waals surface area contributed by atoms with Gasteiger partial charge in [0.15, 0.2) is 0 Å². The molecule has 0 atom stereocenters. The van der Waals surface area contributed by atoms with E-state index >= 15 is 0 Å². The number of rotatable bonds is 8. The molecule has 6 heteroatoms. The molecule has 1 aromatic rings. The third-order valence-corrected chi connectivity index (χ3v) is 8.11. The van der Waals surface area contributed by atoms with Gasteiger partial charge in [0.05, 0.1) is 0 Å². The lowest BCUT2D eigenvalue weighted by atomic mass is 9.93. The Balaban J connectivity index is 1.05. The van der Waals surface area contributed by atoms with Gasteiger partial charge >= 0.3 is 0 Å². The molecule has 2 amide bonds. The van der Waals surface area contributed by atoms with Crippen molar-refractivity contribution in [2.45, 2.75) is 70.8 Å². The van der Waals surface area contributed by atoms with Gasteiger partial charge < -0.3 is 20.0 Å². The standard InChI is InChI=1S/C28H44N4O2/c1-23-6-8-25(9-7-23)28(34)32-20-10-24(11-21-32)22-27(33)29-14-5-15-30-18-12-26(13-19-30)31-16-3-2-4-17-31/h6-9,24,26H,2-5,10-22H2,1H3,(H,29,33). The molecule has 0 aliphatic carbocycles. The lowest BCUT2D eigenvalue weighted by Gasteiger charge is -2.40. The van der Waals surface area contributed by atoms with E-state index in [4.69, 9.17) is 0 Å². The van der Waals surface area contributed by atoms with Crippen molar-refractivity contribution in [1.82, 2.24) is 20.0 Å². The van der Waals surface area contributed by atoms with Crippen LogP contribution in [-0.2, 0) is 4.79 Å². The highest BCUT2D eigenvalue weighted by molar-refractivity contribution is 5.94. The van der Waals surface area contributed by atoms with Gasteiger partial charge in [-0.25, -0.2) is 0 Å². The highest BCUT2D eigenvalue weighted by Crippen LogP contribution is 2.23. The number of aryl methyl sites for hydroxylation is 1. The normalized spacial score (nSPS) is 21.5. The fraction of sp³-hybridized carbons (Fsp3) is 0.714. The number of piperidine rings is 3. The summed E-state index contributed by atoms with van der Waals surface area (Å²) in [5.41, 5.74) is 1.93. The number of amides is 2. The summed E-state index contributed by atoms with van der Waals surface area (Å²) in [6, 6.07) is 8.60. The number of nitrogens with zero attached hydrogens (tertiary/aromatic N) is 3. The van der Waals surface area contributed by atoms with E-state index in [1.807, 2.05) is 36.1 Å². The van der Waals surface area contributed by atoms with Crippen molar-refractivity contribution in [3.63, 3.8) is 0 Å². The van der Waals surface area contributed by atoms with Crippen LogP contribution in [0.5, 0.6) is 0 Å². The minimum Gasteiger partial charge on any atom is -0.356 e. The summed E-state index contributed by atoms with van der Waals surface area (Å²) in [5, 5.41) is 3.14. The van der Waals surface area contributed by atoms with Crippen molar-refractivity contribution in [3.05, 3.63) is 35.4 Å². The molecule has 188 valence electrons. The Morgan fingerprint density at radius 3 is 2.24 bits per heavy atom. The number of carbonyl (C=O) groups is 2. The summed E-state index contributed by atoms with van der Waals surface area (Å²) >= 11 is 0. The molecule has 0 radical (unpaired) electrons. The van der Waals surface area contributed by atoms with Gasteiger partial charge in [0.1, 0.15) is 0 Å². The molecule has 1 aromatic carbocycles. The zero-order valence-corrected chi connectivity index (χ0v) is 21.1. The van der Waals surface area contributed by atoms with E-state index in [9.17, 15) is 9.59 Å². The summed E-state index contributed by atoms with van der Waals surface area (Å²) in [5.74, 6) is 0.672. The van der Waals surface area contributed by atoms with Crippen LogP contribution in [0.2, 0.25) is 0 Å². The third kappa shape index (κ3) is 7.29. The Bertz CT molecular complexity index is 774. The van der Waals surface area contributed by atoms with E-state index in [-0.39, 0.29) is 11.8 Å². The SMILES string of the molecule is Cc1ccc(C(=O)N2CCC(CC(=O)NCCCN3CCC(N4CCCCC4)CC3)CC2)cc1. The number of hydrogen-bond acceptors (Lipinski definition) is 4. The maximum atomic E-state index is 12.7. The lowest BCUT2D eigenvalue weighted by Crippen LogP contribution is -2.47. The van der Waals surface area contributed by atoms with Gasteiger partial charge in [-0.15, -0.1) is 0 Å². The van der Waals surface area contributed by atoms with Gasteiger partial charge in [0.2, 0.25) is 5.91 Å².